The summed E-state index contributed by atoms with van der Waals surface area (Å²) in [6, 6.07) is 7.14. The Bertz CT molecular complexity index is 269. The molecule has 0 amide bonds. The highest BCUT2D eigenvalue weighted by Gasteiger charge is 2.13. The summed E-state index contributed by atoms with van der Waals surface area (Å²) in [5.74, 6) is 1.03. The third-order valence-electron chi connectivity index (χ3n) is 2.02. The molecule has 2 nitrogen and oxygen atoms in total. The molecule has 1 atom stereocenters. The van der Waals surface area contributed by atoms with Gasteiger partial charge in [-0.25, -0.2) is 0 Å². The zero-order valence-corrected chi connectivity index (χ0v) is 9.16. The molecule has 0 aliphatic carbocycles. The van der Waals surface area contributed by atoms with Crippen LogP contribution in [0, 0.1) is 5.92 Å². The van der Waals surface area contributed by atoms with Gasteiger partial charge in [0.25, 0.3) is 0 Å². The lowest BCUT2D eigenvalue weighted by molar-refractivity contribution is 0.0801. The van der Waals surface area contributed by atoms with Gasteiger partial charge in [0.2, 0.25) is 0 Å². The Morgan fingerprint density at radius 3 is 2.29 bits per heavy atom. The van der Waals surface area contributed by atoms with E-state index in [1.54, 1.807) is 24.3 Å². The number of rotatable bonds is 4. The smallest absolute Gasteiger partial charge is 0.124 e. The van der Waals surface area contributed by atoms with Crippen LogP contribution >= 0.6 is 11.6 Å². The molecule has 1 aromatic rings. The van der Waals surface area contributed by atoms with Gasteiger partial charge < -0.3 is 9.84 Å². The molecule has 1 N–H and O–H groups in total. The van der Waals surface area contributed by atoms with Crippen molar-refractivity contribution in [2.24, 2.45) is 5.92 Å². The van der Waals surface area contributed by atoms with Gasteiger partial charge in [0.1, 0.15) is 11.9 Å². The van der Waals surface area contributed by atoms with Gasteiger partial charge in [0.15, 0.2) is 0 Å². The lowest BCUT2D eigenvalue weighted by atomic mass is 10.1. The van der Waals surface area contributed by atoms with E-state index in [2.05, 4.69) is 0 Å². The fourth-order valence-electron chi connectivity index (χ4n) is 1.07. The van der Waals surface area contributed by atoms with Crippen LogP contribution in [0.5, 0.6) is 5.75 Å². The molecule has 78 valence electrons. The minimum Gasteiger partial charge on any atom is -0.488 e. The van der Waals surface area contributed by atoms with E-state index in [9.17, 15) is 0 Å². The summed E-state index contributed by atoms with van der Waals surface area (Å²) >= 11 is 5.74. The number of aliphatic hydroxyl groups is 1. The second-order valence-electron chi connectivity index (χ2n) is 3.54. The first-order chi connectivity index (χ1) is 6.63. The lowest BCUT2D eigenvalue weighted by Gasteiger charge is -2.20. The number of halogens is 1. The van der Waals surface area contributed by atoms with E-state index in [-0.39, 0.29) is 18.6 Å². The molecule has 3 heteroatoms. The second-order valence-corrected chi connectivity index (χ2v) is 3.97. The Labute approximate surface area is 89.5 Å². The number of aliphatic hydroxyl groups excluding tert-OH is 1. The second kappa shape index (κ2) is 5.23. The third kappa shape index (κ3) is 3.20. The van der Waals surface area contributed by atoms with Crippen LogP contribution in [0.2, 0.25) is 5.02 Å². The van der Waals surface area contributed by atoms with Crippen molar-refractivity contribution in [1.29, 1.82) is 0 Å². The molecule has 14 heavy (non-hydrogen) atoms. The van der Waals surface area contributed by atoms with Gasteiger partial charge in [-0.3, -0.25) is 0 Å². The topological polar surface area (TPSA) is 29.5 Å². The SMILES string of the molecule is CC(C)[C@H](CO)Oc1ccc(Cl)cc1. The highest BCUT2D eigenvalue weighted by Crippen LogP contribution is 2.18. The van der Waals surface area contributed by atoms with Crippen molar-refractivity contribution < 1.29 is 9.84 Å². The van der Waals surface area contributed by atoms with Crippen LogP contribution in [-0.2, 0) is 0 Å². The van der Waals surface area contributed by atoms with E-state index in [1.807, 2.05) is 13.8 Å². The van der Waals surface area contributed by atoms with Gasteiger partial charge in [0, 0.05) is 5.02 Å². The van der Waals surface area contributed by atoms with E-state index in [4.69, 9.17) is 21.4 Å². The molecular formula is C11H15ClO2. The van der Waals surface area contributed by atoms with Gasteiger partial charge >= 0.3 is 0 Å². The van der Waals surface area contributed by atoms with Gasteiger partial charge in [-0.15, -0.1) is 0 Å². The van der Waals surface area contributed by atoms with E-state index >= 15 is 0 Å². The fourth-order valence-corrected chi connectivity index (χ4v) is 1.20. The molecule has 0 unspecified atom stereocenters. The van der Waals surface area contributed by atoms with E-state index in [1.165, 1.54) is 0 Å². The Balaban J connectivity index is 2.63. The van der Waals surface area contributed by atoms with Crippen LogP contribution in [0.15, 0.2) is 24.3 Å². The fraction of sp³-hybridized carbons (Fsp3) is 0.455. The molecule has 0 bridgehead atoms. The monoisotopic (exact) mass is 214 g/mol. The number of hydrogen-bond donors (Lipinski definition) is 1. The first-order valence-electron chi connectivity index (χ1n) is 4.66. The number of benzene rings is 1. The third-order valence-corrected chi connectivity index (χ3v) is 2.28. The molecule has 1 rings (SSSR count). The summed E-state index contributed by atoms with van der Waals surface area (Å²) in [5, 5.41) is 9.74. The Morgan fingerprint density at radius 1 is 1.29 bits per heavy atom. The maximum Gasteiger partial charge on any atom is 0.124 e. The summed E-state index contributed by atoms with van der Waals surface area (Å²) in [5.41, 5.74) is 0. The Hall–Kier alpha value is -0.730. The van der Waals surface area contributed by atoms with Crippen LogP contribution in [0.4, 0.5) is 0 Å². The van der Waals surface area contributed by atoms with E-state index < -0.39 is 0 Å². The molecule has 0 saturated heterocycles. The molecule has 0 aromatic heterocycles. The zero-order valence-electron chi connectivity index (χ0n) is 8.40. The van der Waals surface area contributed by atoms with Crippen LogP contribution in [-0.4, -0.2) is 17.8 Å². The predicted octanol–water partition coefficient (Wildman–Crippen LogP) is 2.74. The normalized spacial score (nSPS) is 12.9. The van der Waals surface area contributed by atoms with Gasteiger partial charge in [0.05, 0.1) is 6.61 Å². The first kappa shape index (κ1) is 11.3. The summed E-state index contributed by atoms with van der Waals surface area (Å²) in [6.07, 6.45) is -0.156. The standard InChI is InChI=1S/C11H15ClO2/c1-8(2)11(7-13)14-10-5-3-9(12)4-6-10/h3-6,8,11,13H,7H2,1-2H3/t11-/m0/s1. The maximum atomic E-state index is 9.06. The van der Waals surface area contributed by atoms with Crippen LogP contribution in [0.25, 0.3) is 0 Å². The van der Waals surface area contributed by atoms with Crippen molar-refractivity contribution in [3.8, 4) is 5.75 Å². The van der Waals surface area contributed by atoms with Crippen LogP contribution < -0.4 is 4.74 Å². The van der Waals surface area contributed by atoms with Crippen LogP contribution in [0.3, 0.4) is 0 Å². The molecule has 0 aliphatic heterocycles. The first-order valence-corrected chi connectivity index (χ1v) is 5.04. The molecule has 0 radical (unpaired) electrons. The van der Waals surface area contributed by atoms with Crippen molar-refractivity contribution in [3.05, 3.63) is 29.3 Å². The molecule has 1 aromatic carbocycles. The van der Waals surface area contributed by atoms with E-state index in [0.29, 0.717) is 5.02 Å². The Kier molecular flexibility index (Phi) is 4.23. The van der Waals surface area contributed by atoms with Gasteiger partial charge in [-0.1, -0.05) is 25.4 Å². The molecule has 0 fully saturated rings. The molecular weight excluding hydrogens is 200 g/mol. The lowest BCUT2D eigenvalue weighted by Crippen LogP contribution is -2.27. The average Bonchev–Trinajstić information content (AvgIpc) is 2.16. The summed E-state index contributed by atoms with van der Waals surface area (Å²) in [6.45, 7) is 4.05. The van der Waals surface area contributed by atoms with Crippen molar-refractivity contribution >= 4 is 11.6 Å². The number of ether oxygens (including phenoxy) is 1. The average molecular weight is 215 g/mol. The van der Waals surface area contributed by atoms with Gasteiger partial charge in [-0.2, -0.15) is 0 Å². The maximum absolute atomic E-state index is 9.06. The number of hydrogen-bond acceptors (Lipinski definition) is 2. The van der Waals surface area contributed by atoms with E-state index in [0.717, 1.165) is 5.75 Å². The van der Waals surface area contributed by atoms with Gasteiger partial charge in [-0.05, 0) is 30.2 Å². The highest BCUT2D eigenvalue weighted by molar-refractivity contribution is 6.30. The summed E-state index contributed by atoms with van der Waals surface area (Å²) in [4.78, 5) is 0. The minimum atomic E-state index is -0.156. The minimum absolute atomic E-state index is 0.0281. The quantitative estimate of drug-likeness (QED) is 0.835. The summed E-state index contributed by atoms with van der Waals surface area (Å²) in [7, 11) is 0. The molecule has 0 saturated carbocycles. The molecule has 0 spiro atoms. The van der Waals surface area contributed by atoms with Crippen molar-refractivity contribution in [1.82, 2.24) is 0 Å². The van der Waals surface area contributed by atoms with Crippen molar-refractivity contribution in [2.45, 2.75) is 20.0 Å². The zero-order chi connectivity index (χ0) is 10.6. The Morgan fingerprint density at radius 2 is 1.86 bits per heavy atom. The predicted molar refractivity (Wildman–Crippen MR) is 57.8 cm³/mol. The summed E-state index contributed by atoms with van der Waals surface area (Å²) < 4.78 is 5.57. The largest absolute Gasteiger partial charge is 0.488 e. The molecule has 0 aliphatic rings. The highest BCUT2D eigenvalue weighted by atomic mass is 35.5. The molecule has 0 heterocycles. The van der Waals surface area contributed by atoms with Crippen molar-refractivity contribution in [3.63, 3.8) is 0 Å². The van der Waals surface area contributed by atoms with Crippen molar-refractivity contribution in [2.75, 3.05) is 6.61 Å². The van der Waals surface area contributed by atoms with Crippen LogP contribution in [0.1, 0.15) is 13.8 Å².